The van der Waals surface area contributed by atoms with Gasteiger partial charge in [0.2, 0.25) is 5.88 Å². The van der Waals surface area contributed by atoms with Crippen molar-refractivity contribution < 1.29 is 4.74 Å². The highest BCUT2D eigenvalue weighted by atomic mass is 16.5. The van der Waals surface area contributed by atoms with Crippen molar-refractivity contribution in [1.82, 2.24) is 10.3 Å². The first-order valence-electron chi connectivity index (χ1n) is 7.08. The zero-order valence-electron chi connectivity index (χ0n) is 12.5. The van der Waals surface area contributed by atoms with Gasteiger partial charge in [-0.05, 0) is 51.2 Å². The fourth-order valence-corrected chi connectivity index (χ4v) is 1.72. The largest absolute Gasteiger partial charge is 0.477 e. The minimum absolute atomic E-state index is 0.0790. The van der Waals surface area contributed by atoms with E-state index in [2.05, 4.69) is 15.3 Å². The molecular formula is C15H24N4O. The van der Waals surface area contributed by atoms with Crippen molar-refractivity contribution in [1.29, 1.82) is 0 Å². The summed E-state index contributed by atoms with van der Waals surface area (Å²) in [7, 11) is 0. The number of aliphatic imine (C=N–C) groups is 1. The lowest BCUT2D eigenvalue weighted by molar-refractivity contribution is 0.288. The molecular weight excluding hydrogens is 252 g/mol. The lowest BCUT2D eigenvalue weighted by Crippen LogP contribution is -2.44. The number of nitrogens with two attached hydrogens (primary N) is 1. The number of guanidine groups is 1. The van der Waals surface area contributed by atoms with Gasteiger partial charge in [-0.3, -0.25) is 0 Å². The first kappa shape index (κ1) is 14.6. The Morgan fingerprint density at radius 2 is 2.25 bits per heavy atom. The maximum Gasteiger partial charge on any atom is 0.213 e. The molecule has 0 radical (unpaired) electrons. The third-order valence-corrected chi connectivity index (χ3v) is 2.90. The molecule has 5 heteroatoms. The van der Waals surface area contributed by atoms with E-state index >= 15 is 0 Å². The zero-order valence-corrected chi connectivity index (χ0v) is 12.5. The summed E-state index contributed by atoms with van der Waals surface area (Å²) in [6.45, 7) is 7.44. The van der Waals surface area contributed by atoms with Crippen LogP contribution in [0.5, 0.6) is 5.88 Å². The molecule has 0 saturated heterocycles. The van der Waals surface area contributed by atoms with Gasteiger partial charge in [0.15, 0.2) is 5.96 Å². The maximum atomic E-state index is 5.84. The highest BCUT2D eigenvalue weighted by Crippen LogP contribution is 2.29. The zero-order chi connectivity index (χ0) is 14.6. The number of nitrogens with zero attached hydrogens (tertiary/aromatic N) is 2. The summed E-state index contributed by atoms with van der Waals surface area (Å²) in [5, 5.41) is 3.13. The molecule has 1 aromatic heterocycles. The molecule has 2 rings (SSSR count). The standard InChI is InChI=1S/C15H24N4O/c1-15(2,3)19-14(16)18-9-12-6-7-17-13(8-12)20-10-11-4-5-11/h6-8,11H,4-5,9-10H2,1-3H3,(H3,16,18,19). The van der Waals surface area contributed by atoms with E-state index < -0.39 is 0 Å². The van der Waals surface area contributed by atoms with E-state index in [4.69, 9.17) is 10.5 Å². The highest BCUT2D eigenvalue weighted by molar-refractivity contribution is 5.78. The van der Waals surface area contributed by atoms with Crippen molar-refractivity contribution in [2.45, 2.75) is 45.7 Å². The Balaban J connectivity index is 1.88. The second-order valence-corrected chi connectivity index (χ2v) is 6.33. The van der Waals surface area contributed by atoms with Crippen molar-refractivity contribution in [3.63, 3.8) is 0 Å². The SMILES string of the molecule is CC(C)(C)NC(N)=NCc1ccnc(OCC2CC2)c1. The Bertz CT molecular complexity index is 475. The van der Waals surface area contributed by atoms with Gasteiger partial charge in [0.1, 0.15) is 0 Å². The minimum Gasteiger partial charge on any atom is -0.477 e. The Morgan fingerprint density at radius 3 is 2.90 bits per heavy atom. The summed E-state index contributed by atoms with van der Waals surface area (Å²) < 4.78 is 5.65. The van der Waals surface area contributed by atoms with Crippen LogP contribution in [-0.2, 0) is 6.54 Å². The highest BCUT2D eigenvalue weighted by Gasteiger charge is 2.22. The monoisotopic (exact) mass is 276 g/mol. The van der Waals surface area contributed by atoms with Crippen molar-refractivity contribution >= 4 is 5.96 Å². The van der Waals surface area contributed by atoms with Gasteiger partial charge in [0, 0.05) is 17.8 Å². The average molecular weight is 276 g/mol. The van der Waals surface area contributed by atoms with Crippen molar-refractivity contribution in [3.05, 3.63) is 23.9 Å². The summed E-state index contributed by atoms with van der Waals surface area (Å²) in [5.41, 5.74) is 6.81. The molecule has 110 valence electrons. The second kappa shape index (κ2) is 6.11. The predicted molar refractivity (Wildman–Crippen MR) is 80.7 cm³/mol. The van der Waals surface area contributed by atoms with Crippen LogP contribution in [0.1, 0.15) is 39.2 Å². The smallest absolute Gasteiger partial charge is 0.213 e. The van der Waals surface area contributed by atoms with Crippen LogP contribution in [0.25, 0.3) is 0 Å². The van der Waals surface area contributed by atoms with Crippen molar-refractivity contribution in [3.8, 4) is 5.88 Å². The van der Waals surface area contributed by atoms with Gasteiger partial charge in [-0.15, -0.1) is 0 Å². The fourth-order valence-electron chi connectivity index (χ4n) is 1.72. The van der Waals surface area contributed by atoms with Crippen LogP contribution in [-0.4, -0.2) is 23.1 Å². The third kappa shape index (κ3) is 5.47. The number of pyridine rings is 1. The minimum atomic E-state index is -0.0790. The lowest BCUT2D eigenvalue weighted by atomic mass is 10.1. The van der Waals surface area contributed by atoms with E-state index in [0.717, 1.165) is 18.1 Å². The van der Waals surface area contributed by atoms with E-state index in [1.165, 1.54) is 12.8 Å². The number of rotatable bonds is 5. The number of hydrogen-bond acceptors (Lipinski definition) is 3. The summed E-state index contributed by atoms with van der Waals surface area (Å²) in [6, 6.07) is 3.86. The molecule has 0 unspecified atom stereocenters. The summed E-state index contributed by atoms with van der Waals surface area (Å²) in [6.07, 6.45) is 4.30. The predicted octanol–water partition coefficient (Wildman–Crippen LogP) is 2.07. The first-order chi connectivity index (χ1) is 9.42. The molecule has 0 aromatic carbocycles. The van der Waals surface area contributed by atoms with E-state index in [-0.39, 0.29) is 5.54 Å². The van der Waals surface area contributed by atoms with Crippen LogP contribution >= 0.6 is 0 Å². The molecule has 20 heavy (non-hydrogen) atoms. The number of hydrogen-bond donors (Lipinski definition) is 2. The Labute approximate surface area is 120 Å². The van der Waals surface area contributed by atoms with Gasteiger partial charge < -0.3 is 15.8 Å². The van der Waals surface area contributed by atoms with Crippen LogP contribution in [0, 0.1) is 5.92 Å². The molecule has 1 heterocycles. The quantitative estimate of drug-likeness (QED) is 0.638. The average Bonchev–Trinajstić information content (AvgIpc) is 3.16. The maximum absolute atomic E-state index is 5.84. The van der Waals surface area contributed by atoms with Gasteiger partial charge in [0.25, 0.3) is 0 Å². The Morgan fingerprint density at radius 1 is 1.50 bits per heavy atom. The number of aromatic nitrogens is 1. The topological polar surface area (TPSA) is 72.5 Å². The molecule has 1 aliphatic carbocycles. The van der Waals surface area contributed by atoms with E-state index in [1.54, 1.807) is 6.20 Å². The molecule has 0 spiro atoms. The molecule has 0 bridgehead atoms. The van der Waals surface area contributed by atoms with Crippen LogP contribution in [0.4, 0.5) is 0 Å². The third-order valence-electron chi connectivity index (χ3n) is 2.90. The van der Waals surface area contributed by atoms with E-state index in [1.807, 2.05) is 32.9 Å². The van der Waals surface area contributed by atoms with Crippen LogP contribution in [0.3, 0.4) is 0 Å². The van der Waals surface area contributed by atoms with Gasteiger partial charge >= 0.3 is 0 Å². The molecule has 0 amide bonds. The molecule has 5 nitrogen and oxygen atoms in total. The number of nitrogens with one attached hydrogen (secondary N) is 1. The second-order valence-electron chi connectivity index (χ2n) is 6.33. The molecule has 1 fully saturated rings. The Kier molecular flexibility index (Phi) is 4.47. The molecule has 1 saturated carbocycles. The van der Waals surface area contributed by atoms with Gasteiger partial charge in [0.05, 0.1) is 13.2 Å². The molecule has 3 N–H and O–H groups in total. The molecule has 1 aliphatic rings. The van der Waals surface area contributed by atoms with Gasteiger partial charge in [-0.2, -0.15) is 0 Å². The summed E-state index contributed by atoms with van der Waals surface area (Å²) in [4.78, 5) is 8.54. The molecule has 0 atom stereocenters. The Hall–Kier alpha value is -1.78. The molecule has 0 aliphatic heterocycles. The first-order valence-corrected chi connectivity index (χ1v) is 7.08. The van der Waals surface area contributed by atoms with Gasteiger partial charge in [-0.25, -0.2) is 9.98 Å². The number of ether oxygens (including phenoxy) is 1. The van der Waals surface area contributed by atoms with Crippen molar-refractivity contribution in [2.24, 2.45) is 16.6 Å². The van der Waals surface area contributed by atoms with Gasteiger partial charge in [-0.1, -0.05) is 0 Å². The molecule has 1 aromatic rings. The van der Waals surface area contributed by atoms with Crippen molar-refractivity contribution in [2.75, 3.05) is 6.61 Å². The lowest BCUT2D eigenvalue weighted by Gasteiger charge is -2.20. The van der Waals surface area contributed by atoms with E-state index in [0.29, 0.717) is 18.4 Å². The van der Waals surface area contributed by atoms with Crippen LogP contribution in [0.15, 0.2) is 23.3 Å². The van der Waals surface area contributed by atoms with E-state index in [9.17, 15) is 0 Å². The summed E-state index contributed by atoms with van der Waals surface area (Å²) in [5.74, 6) is 1.85. The summed E-state index contributed by atoms with van der Waals surface area (Å²) >= 11 is 0. The normalized spacial score (nSPS) is 16.1. The van der Waals surface area contributed by atoms with Crippen LogP contribution in [0.2, 0.25) is 0 Å². The van der Waals surface area contributed by atoms with Crippen LogP contribution < -0.4 is 15.8 Å². The fraction of sp³-hybridized carbons (Fsp3) is 0.600.